The molecule has 10 heteroatoms. The molecule has 0 saturated carbocycles. The van der Waals surface area contributed by atoms with E-state index >= 15 is 0 Å². The topological polar surface area (TPSA) is 121 Å². The lowest BCUT2D eigenvalue weighted by atomic mass is 10.2. The lowest BCUT2D eigenvalue weighted by Gasteiger charge is -2.12. The molecule has 0 unspecified atom stereocenters. The molecule has 0 aromatic heterocycles. The molecule has 0 fully saturated rings. The Morgan fingerprint density at radius 2 is 1.22 bits per heavy atom. The second-order valence-electron chi connectivity index (χ2n) is 8.40. The smallest absolute Gasteiger partial charge is 0.261 e. The van der Waals surface area contributed by atoms with E-state index in [1.807, 2.05) is 13.0 Å². The molecule has 0 spiro atoms. The van der Waals surface area contributed by atoms with Crippen molar-refractivity contribution in [3.05, 3.63) is 114 Å². The predicted molar refractivity (Wildman–Crippen MR) is 145 cm³/mol. The summed E-state index contributed by atoms with van der Waals surface area (Å²) in [7, 11) is -7.63. The van der Waals surface area contributed by atoms with Gasteiger partial charge in [0.25, 0.3) is 26.0 Å². The molecule has 4 aromatic rings. The van der Waals surface area contributed by atoms with Crippen LogP contribution in [0.15, 0.2) is 107 Å². The standard InChI is InChI=1S/C27H25N3O5S2/c1-19-10-14-24(15-11-19)36(32,33)29-23-8-5-7-21(18-23)27(31)28-22-12-16-25(17-13-22)37(34,35)30-26-9-4-3-6-20(26)2/h3-18,29-30H,1-2H3,(H,28,31). The second-order valence-corrected chi connectivity index (χ2v) is 11.8. The van der Waals surface area contributed by atoms with Crippen LogP contribution in [-0.2, 0) is 20.0 Å². The number of benzene rings is 4. The number of aryl methyl sites for hydroxylation is 2. The summed E-state index contributed by atoms with van der Waals surface area (Å²) < 4.78 is 55.8. The minimum Gasteiger partial charge on any atom is -0.322 e. The third-order valence-electron chi connectivity index (χ3n) is 5.52. The van der Waals surface area contributed by atoms with Gasteiger partial charge in [-0.05, 0) is 80.1 Å². The van der Waals surface area contributed by atoms with Gasteiger partial charge in [-0.25, -0.2) is 16.8 Å². The first-order chi connectivity index (χ1) is 17.5. The van der Waals surface area contributed by atoms with Crippen molar-refractivity contribution in [3.63, 3.8) is 0 Å². The van der Waals surface area contributed by atoms with E-state index in [1.54, 1.807) is 55.5 Å². The van der Waals surface area contributed by atoms with Crippen molar-refractivity contribution in [3.8, 4) is 0 Å². The summed E-state index contributed by atoms with van der Waals surface area (Å²) in [5.74, 6) is -0.481. The Kier molecular flexibility index (Phi) is 7.33. The zero-order valence-electron chi connectivity index (χ0n) is 20.1. The number of sulfonamides is 2. The van der Waals surface area contributed by atoms with Gasteiger partial charge in [0.05, 0.1) is 15.5 Å². The van der Waals surface area contributed by atoms with E-state index in [0.29, 0.717) is 11.4 Å². The minimum absolute atomic E-state index is 0.0428. The zero-order chi connectivity index (χ0) is 26.6. The van der Waals surface area contributed by atoms with Crippen LogP contribution in [0.1, 0.15) is 21.5 Å². The highest BCUT2D eigenvalue weighted by atomic mass is 32.2. The maximum atomic E-state index is 12.8. The summed E-state index contributed by atoms with van der Waals surface area (Å²) >= 11 is 0. The molecule has 4 rings (SSSR count). The van der Waals surface area contributed by atoms with Gasteiger partial charge in [0, 0.05) is 16.9 Å². The fourth-order valence-electron chi connectivity index (χ4n) is 3.47. The lowest BCUT2D eigenvalue weighted by molar-refractivity contribution is 0.102. The monoisotopic (exact) mass is 535 g/mol. The summed E-state index contributed by atoms with van der Waals surface area (Å²) in [4.78, 5) is 12.9. The average Bonchev–Trinajstić information content (AvgIpc) is 2.86. The van der Waals surface area contributed by atoms with Crippen LogP contribution in [0.3, 0.4) is 0 Å². The highest BCUT2D eigenvalue weighted by Gasteiger charge is 2.17. The molecule has 0 aliphatic rings. The predicted octanol–water partition coefficient (Wildman–Crippen LogP) is 5.16. The van der Waals surface area contributed by atoms with Gasteiger partial charge >= 0.3 is 0 Å². The molecule has 8 nitrogen and oxygen atoms in total. The molecule has 3 N–H and O–H groups in total. The molecule has 0 radical (unpaired) electrons. The van der Waals surface area contributed by atoms with Crippen molar-refractivity contribution in [1.82, 2.24) is 0 Å². The third kappa shape index (κ3) is 6.35. The highest BCUT2D eigenvalue weighted by Crippen LogP contribution is 2.22. The van der Waals surface area contributed by atoms with Crippen LogP contribution < -0.4 is 14.8 Å². The molecule has 0 aliphatic carbocycles. The minimum atomic E-state index is -3.82. The third-order valence-corrected chi connectivity index (χ3v) is 8.30. The number of para-hydroxylation sites is 1. The first-order valence-corrected chi connectivity index (χ1v) is 14.2. The molecule has 37 heavy (non-hydrogen) atoms. The Morgan fingerprint density at radius 1 is 0.622 bits per heavy atom. The van der Waals surface area contributed by atoms with Crippen LogP contribution in [0.25, 0.3) is 0 Å². The Balaban J connectivity index is 1.45. The molecule has 0 aliphatic heterocycles. The van der Waals surface area contributed by atoms with Crippen molar-refractivity contribution in [2.24, 2.45) is 0 Å². The van der Waals surface area contributed by atoms with E-state index in [-0.39, 0.29) is 21.0 Å². The average molecular weight is 536 g/mol. The number of rotatable bonds is 8. The van der Waals surface area contributed by atoms with Crippen LogP contribution in [0.2, 0.25) is 0 Å². The Hall–Kier alpha value is -4.15. The van der Waals surface area contributed by atoms with Crippen molar-refractivity contribution in [1.29, 1.82) is 0 Å². The quantitative estimate of drug-likeness (QED) is 0.288. The first kappa shape index (κ1) is 25.9. The molecular weight excluding hydrogens is 510 g/mol. The van der Waals surface area contributed by atoms with Crippen molar-refractivity contribution in [2.45, 2.75) is 23.6 Å². The molecule has 4 aromatic carbocycles. The largest absolute Gasteiger partial charge is 0.322 e. The molecule has 0 heterocycles. The molecular formula is C27H25N3O5S2. The number of carbonyl (C=O) groups excluding carboxylic acids is 1. The molecule has 1 amide bonds. The lowest BCUT2D eigenvalue weighted by Crippen LogP contribution is -2.16. The van der Waals surface area contributed by atoms with E-state index < -0.39 is 26.0 Å². The first-order valence-electron chi connectivity index (χ1n) is 11.2. The van der Waals surface area contributed by atoms with Gasteiger partial charge in [-0.15, -0.1) is 0 Å². The van der Waals surface area contributed by atoms with Crippen LogP contribution >= 0.6 is 0 Å². The maximum absolute atomic E-state index is 12.8. The normalized spacial score (nSPS) is 11.5. The van der Waals surface area contributed by atoms with E-state index in [9.17, 15) is 21.6 Å². The number of hydrogen-bond donors (Lipinski definition) is 3. The van der Waals surface area contributed by atoms with Gasteiger partial charge in [-0.2, -0.15) is 0 Å². The van der Waals surface area contributed by atoms with Gasteiger partial charge < -0.3 is 5.32 Å². The summed E-state index contributed by atoms with van der Waals surface area (Å²) in [6.45, 7) is 3.67. The molecule has 190 valence electrons. The summed E-state index contributed by atoms with van der Waals surface area (Å²) in [5.41, 5.74) is 3.05. The Labute approximate surface area is 216 Å². The Bertz CT molecular complexity index is 1650. The van der Waals surface area contributed by atoms with Crippen molar-refractivity contribution >= 4 is 43.0 Å². The van der Waals surface area contributed by atoms with E-state index in [1.165, 1.54) is 42.5 Å². The number of nitrogens with one attached hydrogen (secondary N) is 3. The van der Waals surface area contributed by atoms with E-state index in [4.69, 9.17) is 0 Å². The molecule has 0 saturated heterocycles. The Morgan fingerprint density at radius 3 is 1.86 bits per heavy atom. The summed E-state index contributed by atoms with van der Waals surface area (Å²) in [6, 6.07) is 25.3. The summed E-state index contributed by atoms with van der Waals surface area (Å²) in [5, 5.41) is 2.69. The van der Waals surface area contributed by atoms with Crippen LogP contribution in [0, 0.1) is 13.8 Å². The number of carbonyl (C=O) groups is 1. The fraction of sp³-hybridized carbons (Fsp3) is 0.0741. The summed E-state index contributed by atoms with van der Waals surface area (Å²) in [6.07, 6.45) is 0. The molecule has 0 atom stereocenters. The number of amides is 1. The maximum Gasteiger partial charge on any atom is 0.261 e. The van der Waals surface area contributed by atoms with Gasteiger partial charge in [0.15, 0.2) is 0 Å². The number of anilines is 3. The van der Waals surface area contributed by atoms with Gasteiger partial charge in [-0.1, -0.05) is 42.0 Å². The van der Waals surface area contributed by atoms with Crippen LogP contribution in [0.5, 0.6) is 0 Å². The van der Waals surface area contributed by atoms with Crippen molar-refractivity contribution < 1.29 is 21.6 Å². The van der Waals surface area contributed by atoms with Crippen LogP contribution in [-0.4, -0.2) is 22.7 Å². The SMILES string of the molecule is Cc1ccc(S(=O)(=O)Nc2cccc(C(=O)Nc3ccc(S(=O)(=O)Nc4ccccc4C)cc3)c2)cc1. The van der Waals surface area contributed by atoms with Gasteiger partial charge in [0.1, 0.15) is 0 Å². The van der Waals surface area contributed by atoms with E-state index in [0.717, 1.165) is 11.1 Å². The van der Waals surface area contributed by atoms with Crippen LogP contribution in [0.4, 0.5) is 17.1 Å². The van der Waals surface area contributed by atoms with Gasteiger partial charge in [0.2, 0.25) is 0 Å². The highest BCUT2D eigenvalue weighted by molar-refractivity contribution is 7.93. The van der Waals surface area contributed by atoms with E-state index in [2.05, 4.69) is 14.8 Å². The van der Waals surface area contributed by atoms with Gasteiger partial charge in [-0.3, -0.25) is 14.2 Å². The fourth-order valence-corrected chi connectivity index (χ4v) is 5.65. The molecule has 0 bridgehead atoms. The zero-order valence-corrected chi connectivity index (χ0v) is 21.7. The number of hydrogen-bond acceptors (Lipinski definition) is 5. The second kappa shape index (κ2) is 10.5. The van der Waals surface area contributed by atoms with Crippen molar-refractivity contribution in [2.75, 3.05) is 14.8 Å².